The number of hydrogen-bond donors (Lipinski definition) is 1. The number of aromatic nitrogens is 1. The summed E-state index contributed by atoms with van der Waals surface area (Å²) in [7, 11) is 0. The van der Waals surface area contributed by atoms with Gasteiger partial charge in [-0.05, 0) is 22.0 Å². The third-order valence-electron chi connectivity index (χ3n) is 2.18. The third-order valence-corrected chi connectivity index (χ3v) is 2.61. The number of nitrogens with zero attached hydrogens (tertiary/aromatic N) is 2. The molecule has 0 aliphatic carbocycles. The molecule has 10 heteroatoms. The van der Waals surface area contributed by atoms with Crippen LogP contribution < -0.4 is 4.90 Å². The lowest BCUT2D eigenvalue weighted by atomic mass is 10.2. The number of aliphatic hydroxyl groups excluding tert-OH is 1. The molecule has 1 rings (SSSR count). The van der Waals surface area contributed by atoms with Crippen LogP contribution in [0, 0.1) is 0 Å². The molecule has 0 atom stereocenters. The molecule has 1 heterocycles. The first-order valence-corrected chi connectivity index (χ1v) is 5.99. The van der Waals surface area contributed by atoms with Gasteiger partial charge in [-0.3, -0.25) is 0 Å². The summed E-state index contributed by atoms with van der Waals surface area (Å²) in [5.41, 5.74) is -1.30. The van der Waals surface area contributed by atoms with Gasteiger partial charge in [-0.1, -0.05) is 0 Å². The van der Waals surface area contributed by atoms with Crippen LogP contribution in [-0.4, -0.2) is 36.0 Å². The summed E-state index contributed by atoms with van der Waals surface area (Å²) >= 11 is 2.79. The zero-order chi connectivity index (χ0) is 15.6. The molecule has 0 bridgehead atoms. The SMILES string of the molecule is OCCN(CC(F)(F)F)c1ncc(Br)cc1C(F)(F)F. The van der Waals surface area contributed by atoms with Gasteiger partial charge in [0, 0.05) is 17.2 Å². The van der Waals surface area contributed by atoms with Gasteiger partial charge in [0.15, 0.2) is 0 Å². The normalized spacial score (nSPS) is 12.6. The maximum absolute atomic E-state index is 12.8. The quantitative estimate of drug-likeness (QED) is 0.831. The summed E-state index contributed by atoms with van der Waals surface area (Å²) in [6.45, 7) is -2.98. The van der Waals surface area contributed by atoms with E-state index in [0.717, 1.165) is 6.20 Å². The standard InChI is InChI=1S/C10H9BrF6N2O/c11-6-3-7(10(15,16)17)8(18-4-6)19(1-2-20)5-9(12,13)14/h3-4,20H,1-2,5H2. The van der Waals surface area contributed by atoms with Crippen molar-refractivity contribution in [1.82, 2.24) is 4.98 Å². The molecule has 0 amide bonds. The fourth-order valence-corrected chi connectivity index (χ4v) is 1.82. The van der Waals surface area contributed by atoms with Crippen LogP contribution in [0.5, 0.6) is 0 Å². The molecule has 114 valence electrons. The topological polar surface area (TPSA) is 36.4 Å². The minimum absolute atomic E-state index is 0.00969. The van der Waals surface area contributed by atoms with Gasteiger partial charge in [-0.25, -0.2) is 4.98 Å². The van der Waals surface area contributed by atoms with E-state index in [2.05, 4.69) is 20.9 Å². The van der Waals surface area contributed by atoms with E-state index in [1.54, 1.807) is 0 Å². The van der Waals surface area contributed by atoms with Crippen molar-refractivity contribution in [1.29, 1.82) is 0 Å². The molecular weight excluding hydrogens is 358 g/mol. The summed E-state index contributed by atoms with van der Waals surface area (Å²) in [6, 6.07) is 0.642. The lowest BCUT2D eigenvalue weighted by molar-refractivity contribution is -0.138. The van der Waals surface area contributed by atoms with Crippen molar-refractivity contribution >= 4 is 21.7 Å². The maximum atomic E-state index is 12.8. The Bertz CT molecular complexity index is 462. The van der Waals surface area contributed by atoms with Crippen molar-refractivity contribution < 1.29 is 31.4 Å². The number of rotatable bonds is 4. The first kappa shape index (κ1) is 17.0. The van der Waals surface area contributed by atoms with Crippen LogP contribution in [0.15, 0.2) is 16.7 Å². The van der Waals surface area contributed by atoms with Crippen molar-refractivity contribution in [2.45, 2.75) is 12.4 Å². The predicted molar refractivity (Wildman–Crippen MR) is 62.3 cm³/mol. The molecule has 0 aromatic carbocycles. The Balaban J connectivity index is 3.26. The molecule has 3 nitrogen and oxygen atoms in total. The summed E-state index contributed by atoms with van der Waals surface area (Å²) in [4.78, 5) is 3.74. The Morgan fingerprint density at radius 2 is 1.80 bits per heavy atom. The molecule has 0 spiro atoms. The molecule has 0 unspecified atom stereocenters. The summed E-state index contributed by atoms with van der Waals surface area (Å²) < 4.78 is 75.6. The third kappa shape index (κ3) is 4.82. The van der Waals surface area contributed by atoms with Crippen LogP contribution in [0.25, 0.3) is 0 Å². The van der Waals surface area contributed by atoms with Gasteiger partial charge in [0.25, 0.3) is 0 Å². The van der Waals surface area contributed by atoms with E-state index in [-0.39, 0.29) is 4.47 Å². The van der Waals surface area contributed by atoms with Crippen LogP contribution in [-0.2, 0) is 6.18 Å². The fraction of sp³-hybridized carbons (Fsp3) is 0.500. The number of hydrogen-bond acceptors (Lipinski definition) is 3. The van der Waals surface area contributed by atoms with Gasteiger partial charge in [-0.15, -0.1) is 0 Å². The van der Waals surface area contributed by atoms with E-state index in [1.165, 1.54) is 0 Å². The van der Waals surface area contributed by atoms with Crippen LogP contribution in [0.2, 0.25) is 0 Å². The molecule has 20 heavy (non-hydrogen) atoms. The summed E-state index contributed by atoms with van der Waals surface area (Å²) in [5, 5.41) is 8.72. The lowest BCUT2D eigenvalue weighted by Gasteiger charge is -2.26. The highest BCUT2D eigenvalue weighted by Crippen LogP contribution is 2.37. The van der Waals surface area contributed by atoms with E-state index in [4.69, 9.17) is 5.11 Å². The molecule has 1 aromatic rings. The van der Waals surface area contributed by atoms with Gasteiger partial charge >= 0.3 is 12.4 Å². The highest BCUT2D eigenvalue weighted by molar-refractivity contribution is 9.10. The molecule has 0 saturated carbocycles. The Morgan fingerprint density at radius 3 is 2.25 bits per heavy atom. The number of anilines is 1. The highest BCUT2D eigenvalue weighted by atomic mass is 79.9. The molecule has 0 fully saturated rings. The second-order valence-corrected chi connectivity index (χ2v) is 4.70. The molecule has 1 aromatic heterocycles. The van der Waals surface area contributed by atoms with Gasteiger partial charge in [0.1, 0.15) is 12.4 Å². The highest BCUT2D eigenvalue weighted by Gasteiger charge is 2.39. The molecule has 1 N–H and O–H groups in total. The van der Waals surface area contributed by atoms with Crippen LogP contribution >= 0.6 is 15.9 Å². The minimum atomic E-state index is -4.86. The molecule has 0 saturated heterocycles. The maximum Gasteiger partial charge on any atom is 0.419 e. The average molecular weight is 367 g/mol. The van der Waals surface area contributed by atoms with E-state index < -0.39 is 43.4 Å². The zero-order valence-electron chi connectivity index (χ0n) is 9.76. The van der Waals surface area contributed by atoms with Gasteiger partial charge in [-0.2, -0.15) is 26.3 Å². The lowest BCUT2D eigenvalue weighted by Crippen LogP contribution is -2.38. The number of alkyl halides is 6. The first-order chi connectivity index (χ1) is 9.04. The summed E-state index contributed by atoms with van der Waals surface area (Å²) in [5.74, 6) is -0.868. The van der Waals surface area contributed by atoms with Gasteiger partial charge in [0.05, 0.1) is 12.2 Å². The van der Waals surface area contributed by atoms with Crippen molar-refractivity contribution in [2.75, 3.05) is 24.6 Å². The van der Waals surface area contributed by atoms with Crippen molar-refractivity contribution in [3.8, 4) is 0 Å². The van der Waals surface area contributed by atoms with Crippen molar-refractivity contribution in [3.63, 3.8) is 0 Å². The fourth-order valence-electron chi connectivity index (χ4n) is 1.49. The van der Waals surface area contributed by atoms with E-state index in [1.807, 2.05) is 0 Å². The number of halogens is 7. The van der Waals surface area contributed by atoms with Gasteiger partial charge in [0.2, 0.25) is 0 Å². The largest absolute Gasteiger partial charge is 0.419 e. The predicted octanol–water partition coefficient (Wildman–Crippen LogP) is 3.22. The first-order valence-electron chi connectivity index (χ1n) is 5.20. The van der Waals surface area contributed by atoms with E-state index in [9.17, 15) is 26.3 Å². The van der Waals surface area contributed by atoms with Crippen molar-refractivity contribution in [3.05, 3.63) is 22.3 Å². The number of pyridine rings is 1. The summed E-state index contributed by atoms with van der Waals surface area (Å²) in [6.07, 6.45) is -8.61. The van der Waals surface area contributed by atoms with Gasteiger partial charge < -0.3 is 10.0 Å². The zero-order valence-corrected chi connectivity index (χ0v) is 11.3. The molecule has 0 radical (unpaired) electrons. The molecule has 0 aliphatic heterocycles. The van der Waals surface area contributed by atoms with Crippen LogP contribution in [0.3, 0.4) is 0 Å². The Kier molecular flexibility index (Phi) is 5.25. The van der Waals surface area contributed by atoms with Crippen molar-refractivity contribution in [2.24, 2.45) is 0 Å². The van der Waals surface area contributed by atoms with Crippen LogP contribution in [0.1, 0.15) is 5.56 Å². The van der Waals surface area contributed by atoms with Crippen LogP contribution in [0.4, 0.5) is 32.2 Å². The van der Waals surface area contributed by atoms with E-state index in [0.29, 0.717) is 11.0 Å². The Hall–Kier alpha value is -1.03. The van der Waals surface area contributed by atoms with E-state index >= 15 is 0 Å². The monoisotopic (exact) mass is 366 g/mol. The Morgan fingerprint density at radius 1 is 1.20 bits per heavy atom. The molecule has 0 aliphatic rings. The minimum Gasteiger partial charge on any atom is -0.395 e. The smallest absolute Gasteiger partial charge is 0.395 e. The molecular formula is C10H9BrF6N2O. The second kappa shape index (κ2) is 6.17. The second-order valence-electron chi connectivity index (χ2n) is 3.78. The Labute approximate surface area is 118 Å². The average Bonchev–Trinajstić information content (AvgIpc) is 2.25. The number of aliphatic hydroxyl groups is 1.